The topological polar surface area (TPSA) is 82.8 Å². The second kappa shape index (κ2) is 20.0. The molecule has 0 heterocycles. The standard InChI is InChI=1S/C41H60N2O4/c1-29(2)14-11-9-8-10-12-24-46-39-26-33(7)40(27-32(39)6)47-36-21-22-37(41(44)43-42)38(28-36)34-17-19-35(20-18-34)45-25-23-31(5)16-13-15-30(3)4/h17-22,26-31H,8-16,23-25,42H2,1-7H3,(H,43,44). The lowest BCUT2D eigenvalue weighted by Crippen LogP contribution is -2.30. The molecular weight excluding hydrogens is 584 g/mol. The van der Waals surface area contributed by atoms with Gasteiger partial charge in [-0.25, -0.2) is 5.84 Å². The van der Waals surface area contributed by atoms with Gasteiger partial charge >= 0.3 is 0 Å². The number of amides is 1. The number of carbonyl (C=O) groups is 1. The van der Waals surface area contributed by atoms with E-state index in [1.807, 2.05) is 50.2 Å². The molecule has 0 saturated heterocycles. The van der Waals surface area contributed by atoms with Gasteiger partial charge < -0.3 is 14.2 Å². The Labute approximate surface area is 284 Å². The summed E-state index contributed by atoms with van der Waals surface area (Å²) >= 11 is 0. The minimum Gasteiger partial charge on any atom is -0.494 e. The van der Waals surface area contributed by atoms with Crippen molar-refractivity contribution in [3.05, 3.63) is 71.3 Å². The maximum absolute atomic E-state index is 12.7. The predicted molar refractivity (Wildman–Crippen MR) is 196 cm³/mol. The molecule has 0 aromatic heterocycles. The number of ether oxygens (including phenoxy) is 3. The summed E-state index contributed by atoms with van der Waals surface area (Å²) in [5, 5.41) is 0. The van der Waals surface area contributed by atoms with Crippen LogP contribution in [-0.2, 0) is 0 Å². The van der Waals surface area contributed by atoms with Crippen LogP contribution in [0.4, 0.5) is 0 Å². The van der Waals surface area contributed by atoms with E-state index in [-0.39, 0.29) is 5.91 Å². The zero-order valence-corrected chi connectivity index (χ0v) is 30.1. The average Bonchev–Trinajstić information content (AvgIpc) is 3.04. The molecule has 3 aromatic carbocycles. The fourth-order valence-electron chi connectivity index (χ4n) is 5.75. The summed E-state index contributed by atoms with van der Waals surface area (Å²) in [7, 11) is 0. The molecule has 0 radical (unpaired) electrons. The number of rotatable bonds is 21. The van der Waals surface area contributed by atoms with Gasteiger partial charge in [-0.3, -0.25) is 10.2 Å². The molecule has 0 fully saturated rings. The highest BCUT2D eigenvalue weighted by molar-refractivity contribution is 6.01. The summed E-state index contributed by atoms with van der Waals surface area (Å²) in [6, 6.07) is 17.4. The normalized spacial score (nSPS) is 12.0. The number of nitrogens with two attached hydrogens (primary N) is 1. The number of carbonyl (C=O) groups excluding carboxylic acids is 1. The van der Waals surface area contributed by atoms with E-state index >= 15 is 0 Å². The van der Waals surface area contributed by atoms with E-state index in [1.54, 1.807) is 12.1 Å². The van der Waals surface area contributed by atoms with Gasteiger partial charge in [0, 0.05) is 5.56 Å². The number of nitrogen functional groups attached to an aromatic ring is 1. The molecule has 6 heteroatoms. The van der Waals surface area contributed by atoms with Crippen LogP contribution in [0.25, 0.3) is 11.1 Å². The van der Waals surface area contributed by atoms with Crippen LogP contribution in [0.3, 0.4) is 0 Å². The Balaban J connectivity index is 1.62. The third kappa shape index (κ3) is 13.3. The largest absolute Gasteiger partial charge is 0.494 e. The molecule has 0 aliphatic heterocycles. The zero-order valence-electron chi connectivity index (χ0n) is 30.1. The Morgan fingerprint density at radius 1 is 0.660 bits per heavy atom. The van der Waals surface area contributed by atoms with E-state index < -0.39 is 0 Å². The predicted octanol–water partition coefficient (Wildman–Crippen LogP) is 11.0. The van der Waals surface area contributed by atoms with Crippen LogP contribution >= 0.6 is 0 Å². The molecule has 3 aromatic rings. The van der Waals surface area contributed by atoms with Crippen LogP contribution in [0.15, 0.2) is 54.6 Å². The Bertz CT molecular complexity index is 1370. The van der Waals surface area contributed by atoms with Crippen molar-refractivity contribution >= 4 is 5.91 Å². The minimum absolute atomic E-state index is 0.359. The van der Waals surface area contributed by atoms with E-state index in [0.29, 0.717) is 23.8 Å². The average molecular weight is 645 g/mol. The maximum atomic E-state index is 12.7. The zero-order chi connectivity index (χ0) is 34.2. The fourth-order valence-corrected chi connectivity index (χ4v) is 5.75. The minimum atomic E-state index is -0.359. The van der Waals surface area contributed by atoms with E-state index in [2.05, 4.69) is 46.1 Å². The van der Waals surface area contributed by atoms with Crippen molar-refractivity contribution in [2.75, 3.05) is 13.2 Å². The van der Waals surface area contributed by atoms with Gasteiger partial charge in [0.2, 0.25) is 0 Å². The van der Waals surface area contributed by atoms with Crippen molar-refractivity contribution in [1.29, 1.82) is 0 Å². The molecule has 0 aliphatic rings. The van der Waals surface area contributed by atoms with Gasteiger partial charge in [0.1, 0.15) is 23.0 Å². The lowest BCUT2D eigenvalue weighted by molar-refractivity contribution is 0.0954. The molecule has 6 nitrogen and oxygen atoms in total. The van der Waals surface area contributed by atoms with Crippen molar-refractivity contribution in [2.24, 2.45) is 23.6 Å². The van der Waals surface area contributed by atoms with Crippen LogP contribution in [-0.4, -0.2) is 19.1 Å². The Hall–Kier alpha value is -3.51. The van der Waals surface area contributed by atoms with Gasteiger partial charge in [0.05, 0.1) is 13.2 Å². The number of unbranched alkanes of at least 4 members (excludes halogenated alkanes) is 4. The van der Waals surface area contributed by atoms with Crippen LogP contribution in [0.5, 0.6) is 23.0 Å². The molecular formula is C41H60N2O4. The summed E-state index contributed by atoms with van der Waals surface area (Å²) < 4.78 is 18.6. The summed E-state index contributed by atoms with van der Waals surface area (Å²) in [5.41, 5.74) is 6.37. The summed E-state index contributed by atoms with van der Waals surface area (Å²) in [4.78, 5) is 12.7. The van der Waals surface area contributed by atoms with E-state index in [0.717, 1.165) is 70.8 Å². The number of hydrogen-bond donors (Lipinski definition) is 2. The molecule has 1 atom stereocenters. The first-order valence-corrected chi connectivity index (χ1v) is 17.9. The van der Waals surface area contributed by atoms with Crippen molar-refractivity contribution < 1.29 is 19.0 Å². The second-order valence-electron chi connectivity index (χ2n) is 14.1. The molecule has 1 unspecified atom stereocenters. The fraction of sp³-hybridized carbons (Fsp3) is 0.537. The van der Waals surface area contributed by atoms with Crippen LogP contribution in [0.2, 0.25) is 0 Å². The number of benzene rings is 3. The Morgan fingerprint density at radius 2 is 1.28 bits per heavy atom. The van der Waals surface area contributed by atoms with Gasteiger partial charge in [-0.05, 0) is 109 Å². The Kier molecular flexibility index (Phi) is 16.1. The van der Waals surface area contributed by atoms with Gasteiger partial charge in [-0.2, -0.15) is 0 Å². The third-order valence-corrected chi connectivity index (χ3v) is 8.77. The van der Waals surface area contributed by atoms with Crippen molar-refractivity contribution in [3.8, 4) is 34.1 Å². The second-order valence-corrected chi connectivity index (χ2v) is 14.1. The maximum Gasteiger partial charge on any atom is 0.265 e. The summed E-state index contributed by atoms with van der Waals surface area (Å²) in [6.07, 6.45) is 12.3. The molecule has 258 valence electrons. The first kappa shape index (κ1) is 37.9. The van der Waals surface area contributed by atoms with Crippen molar-refractivity contribution in [2.45, 2.75) is 113 Å². The molecule has 0 saturated carbocycles. The Morgan fingerprint density at radius 3 is 1.98 bits per heavy atom. The van der Waals surface area contributed by atoms with Crippen LogP contribution in [0, 0.1) is 31.6 Å². The van der Waals surface area contributed by atoms with Gasteiger partial charge in [-0.1, -0.05) is 98.1 Å². The lowest BCUT2D eigenvalue weighted by atomic mass is 9.97. The molecule has 0 bridgehead atoms. The van der Waals surface area contributed by atoms with Crippen LogP contribution in [0.1, 0.15) is 120 Å². The SMILES string of the molecule is Cc1cc(Oc2ccc(C(=O)NN)c(-c3ccc(OCCC(C)CCCC(C)C)cc3)c2)c(C)cc1OCCCCCCCC(C)C. The van der Waals surface area contributed by atoms with Gasteiger partial charge in [0.15, 0.2) is 0 Å². The number of hydrogen-bond acceptors (Lipinski definition) is 5. The molecule has 47 heavy (non-hydrogen) atoms. The van der Waals surface area contributed by atoms with Crippen molar-refractivity contribution in [3.63, 3.8) is 0 Å². The molecule has 1 amide bonds. The number of nitrogens with one attached hydrogen (secondary N) is 1. The van der Waals surface area contributed by atoms with Crippen molar-refractivity contribution in [1.82, 2.24) is 5.43 Å². The monoisotopic (exact) mass is 644 g/mol. The number of hydrazine groups is 1. The highest BCUT2D eigenvalue weighted by atomic mass is 16.5. The van der Waals surface area contributed by atoms with Gasteiger partial charge in [-0.15, -0.1) is 0 Å². The third-order valence-electron chi connectivity index (χ3n) is 8.77. The summed E-state index contributed by atoms with van der Waals surface area (Å²) in [6.45, 7) is 16.9. The first-order valence-electron chi connectivity index (χ1n) is 17.9. The highest BCUT2D eigenvalue weighted by Gasteiger charge is 2.16. The van der Waals surface area contributed by atoms with Gasteiger partial charge in [0.25, 0.3) is 5.91 Å². The highest BCUT2D eigenvalue weighted by Crippen LogP contribution is 2.35. The molecule has 0 aliphatic carbocycles. The van der Waals surface area contributed by atoms with E-state index in [9.17, 15) is 4.79 Å². The molecule has 0 spiro atoms. The quantitative estimate of drug-likeness (QED) is 0.0522. The molecule has 3 rings (SSSR count). The molecule has 3 N–H and O–H groups in total. The summed E-state index contributed by atoms with van der Waals surface area (Å²) in [5.74, 6) is 10.5. The van der Waals surface area contributed by atoms with Crippen LogP contribution < -0.4 is 25.5 Å². The number of aryl methyl sites for hydroxylation is 2. The lowest BCUT2D eigenvalue weighted by Gasteiger charge is -2.16. The van der Waals surface area contributed by atoms with E-state index in [4.69, 9.17) is 20.1 Å². The smallest absolute Gasteiger partial charge is 0.265 e. The first-order chi connectivity index (χ1) is 22.6. The van der Waals surface area contributed by atoms with E-state index in [1.165, 1.54) is 51.4 Å².